The fourth-order valence-electron chi connectivity index (χ4n) is 3.79. The molecule has 32 heavy (non-hydrogen) atoms. The Hall–Kier alpha value is -3.43. The Morgan fingerprint density at radius 1 is 1.19 bits per heavy atom. The van der Waals surface area contributed by atoms with Gasteiger partial charge < -0.3 is 15.2 Å². The van der Waals surface area contributed by atoms with Gasteiger partial charge in [-0.3, -0.25) is 19.1 Å². The van der Waals surface area contributed by atoms with E-state index in [-0.39, 0.29) is 35.2 Å². The highest BCUT2D eigenvalue weighted by atomic mass is 16.5. The molecule has 0 radical (unpaired) electrons. The third-order valence-electron chi connectivity index (χ3n) is 5.44. The zero-order valence-electron chi connectivity index (χ0n) is 17.9. The SMILES string of the molecule is CC(C)C1OC(c2ccncc2NC(=O)c2ccnc(-n3ccc(=O)cc3)n2)CCC1O. The first-order valence-electron chi connectivity index (χ1n) is 10.5. The molecule has 1 aliphatic heterocycles. The highest BCUT2D eigenvalue weighted by Crippen LogP contribution is 2.37. The van der Waals surface area contributed by atoms with E-state index in [0.29, 0.717) is 18.5 Å². The quantitative estimate of drug-likeness (QED) is 0.632. The minimum absolute atomic E-state index is 0.128. The third kappa shape index (κ3) is 4.74. The molecule has 3 aromatic heterocycles. The number of rotatable bonds is 5. The van der Waals surface area contributed by atoms with Crippen LogP contribution in [0.15, 0.2) is 60.0 Å². The molecule has 0 saturated carbocycles. The second kappa shape index (κ2) is 9.37. The van der Waals surface area contributed by atoms with Gasteiger partial charge in [0.2, 0.25) is 5.95 Å². The topological polar surface area (TPSA) is 119 Å². The lowest BCUT2D eigenvalue weighted by Crippen LogP contribution is -2.39. The van der Waals surface area contributed by atoms with Gasteiger partial charge in [-0.25, -0.2) is 9.97 Å². The van der Waals surface area contributed by atoms with Crippen molar-refractivity contribution in [3.05, 3.63) is 76.7 Å². The van der Waals surface area contributed by atoms with Crippen molar-refractivity contribution in [1.82, 2.24) is 19.5 Å². The maximum atomic E-state index is 12.9. The molecule has 0 aliphatic carbocycles. The summed E-state index contributed by atoms with van der Waals surface area (Å²) in [6.45, 7) is 4.03. The average molecular weight is 435 g/mol. The molecule has 3 atom stereocenters. The smallest absolute Gasteiger partial charge is 0.274 e. The molecule has 9 heteroatoms. The van der Waals surface area contributed by atoms with Crippen molar-refractivity contribution in [3.63, 3.8) is 0 Å². The summed E-state index contributed by atoms with van der Waals surface area (Å²) in [5.74, 6) is 0.0222. The van der Waals surface area contributed by atoms with Crippen LogP contribution < -0.4 is 10.7 Å². The Balaban J connectivity index is 1.55. The molecule has 4 heterocycles. The number of carbonyl (C=O) groups excluding carboxylic acids is 1. The highest BCUT2D eigenvalue weighted by Gasteiger charge is 2.33. The number of amides is 1. The molecule has 9 nitrogen and oxygen atoms in total. The number of ether oxygens (including phenoxy) is 1. The standard InChI is InChI=1S/C23H25N5O4/c1-14(2)21-19(30)3-4-20(32-21)16-5-9-24-13-18(16)26-22(31)17-6-10-25-23(27-17)28-11-7-15(29)8-12-28/h5-14,19-21,30H,3-4H2,1-2H3,(H,26,31). The number of hydrogen-bond acceptors (Lipinski definition) is 7. The third-order valence-corrected chi connectivity index (χ3v) is 5.44. The number of anilines is 1. The monoisotopic (exact) mass is 435 g/mol. The van der Waals surface area contributed by atoms with Gasteiger partial charge in [-0.2, -0.15) is 0 Å². The Bertz CT molecular complexity index is 1140. The van der Waals surface area contributed by atoms with Crippen LogP contribution in [0.4, 0.5) is 5.69 Å². The summed E-state index contributed by atoms with van der Waals surface area (Å²) in [5.41, 5.74) is 1.38. The van der Waals surface area contributed by atoms with Gasteiger partial charge in [-0.15, -0.1) is 0 Å². The molecular weight excluding hydrogens is 410 g/mol. The summed E-state index contributed by atoms with van der Waals surface area (Å²) < 4.78 is 7.73. The van der Waals surface area contributed by atoms with Crippen LogP contribution in [-0.4, -0.2) is 42.7 Å². The molecule has 3 aromatic rings. The van der Waals surface area contributed by atoms with Crippen LogP contribution in [-0.2, 0) is 4.74 Å². The Morgan fingerprint density at radius 2 is 1.97 bits per heavy atom. The molecule has 0 spiro atoms. The Kier molecular flexibility index (Phi) is 6.38. The highest BCUT2D eigenvalue weighted by molar-refractivity contribution is 6.03. The van der Waals surface area contributed by atoms with E-state index in [0.717, 1.165) is 5.56 Å². The van der Waals surface area contributed by atoms with Crippen LogP contribution >= 0.6 is 0 Å². The van der Waals surface area contributed by atoms with Crippen LogP contribution in [0, 0.1) is 5.92 Å². The van der Waals surface area contributed by atoms with E-state index >= 15 is 0 Å². The summed E-state index contributed by atoms with van der Waals surface area (Å²) in [6.07, 6.45) is 8.03. The molecule has 2 N–H and O–H groups in total. The molecule has 1 saturated heterocycles. The summed E-state index contributed by atoms with van der Waals surface area (Å²) >= 11 is 0. The minimum atomic E-state index is -0.501. The van der Waals surface area contributed by atoms with E-state index in [1.54, 1.807) is 29.4 Å². The molecular formula is C23H25N5O4. The second-order valence-electron chi connectivity index (χ2n) is 8.08. The maximum absolute atomic E-state index is 12.9. The summed E-state index contributed by atoms with van der Waals surface area (Å²) in [6, 6.07) is 6.12. The maximum Gasteiger partial charge on any atom is 0.274 e. The number of nitrogens with zero attached hydrogens (tertiary/aromatic N) is 4. The summed E-state index contributed by atoms with van der Waals surface area (Å²) in [7, 11) is 0. The number of aliphatic hydroxyl groups excluding tert-OH is 1. The largest absolute Gasteiger partial charge is 0.390 e. The zero-order chi connectivity index (χ0) is 22.7. The zero-order valence-corrected chi connectivity index (χ0v) is 17.9. The molecule has 166 valence electrons. The summed E-state index contributed by atoms with van der Waals surface area (Å²) in [4.78, 5) is 36.9. The lowest BCUT2D eigenvalue weighted by atomic mass is 9.91. The van der Waals surface area contributed by atoms with E-state index in [4.69, 9.17) is 4.74 Å². The van der Waals surface area contributed by atoms with Crippen LogP contribution in [0.3, 0.4) is 0 Å². The van der Waals surface area contributed by atoms with Crippen molar-refractivity contribution in [3.8, 4) is 5.95 Å². The van der Waals surface area contributed by atoms with Crippen LogP contribution in [0.2, 0.25) is 0 Å². The van der Waals surface area contributed by atoms with Crippen LogP contribution in [0.25, 0.3) is 5.95 Å². The van der Waals surface area contributed by atoms with Crippen LogP contribution in [0.5, 0.6) is 0 Å². The first-order valence-corrected chi connectivity index (χ1v) is 10.5. The van der Waals surface area contributed by atoms with Gasteiger partial charge in [0.15, 0.2) is 5.43 Å². The summed E-state index contributed by atoms with van der Waals surface area (Å²) in [5, 5.41) is 13.1. The van der Waals surface area contributed by atoms with E-state index < -0.39 is 12.0 Å². The second-order valence-corrected chi connectivity index (χ2v) is 8.08. The van der Waals surface area contributed by atoms with Crippen molar-refractivity contribution in [2.45, 2.75) is 45.0 Å². The van der Waals surface area contributed by atoms with Gasteiger partial charge in [0.1, 0.15) is 5.69 Å². The fourth-order valence-corrected chi connectivity index (χ4v) is 3.79. The fraction of sp³-hybridized carbons (Fsp3) is 0.348. The van der Waals surface area contributed by atoms with Gasteiger partial charge >= 0.3 is 0 Å². The number of pyridine rings is 2. The number of hydrogen-bond donors (Lipinski definition) is 2. The van der Waals surface area contributed by atoms with Gasteiger partial charge in [0, 0.05) is 42.5 Å². The molecule has 4 rings (SSSR count). The van der Waals surface area contributed by atoms with Gasteiger partial charge in [0.25, 0.3) is 5.91 Å². The number of aliphatic hydroxyl groups is 1. The first kappa shape index (κ1) is 21.8. The van der Waals surface area contributed by atoms with Gasteiger partial charge in [0.05, 0.1) is 30.2 Å². The molecule has 0 bridgehead atoms. The number of carbonyl (C=O) groups is 1. The van der Waals surface area contributed by atoms with Crippen molar-refractivity contribution >= 4 is 11.6 Å². The normalized spacial score (nSPS) is 20.8. The predicted molar refractivity (Wildman–Crippen MR) is 118 cm³/mol. The van der Waals surface area contributed by atoms with E-state index in [2.05, 4.69) is 20.3 Å². The van der Waals surface area contributed by atoms with Crippen molar-refractivity contribution < 1.29 is 14.6 Å². The van der Waals surface area contributed by atoms with Crippen molar-refractivity contribution in [2.75, 3.05) is 5.32 Å². The molecule has 1 fully saturated rings. The van der Waals surface area contributed by atoms with Crippen molar-refractivity contribution in [1.29, 1.82) is 0 Å². The predicted octanol–water partition coefficient (Wildman–Crippen LogP) is 2.51. The molecule has 0 aromatic carbocycles. The van der Waals surface area contributed by atoms with E-state index in [1.165, 1.54) is 24.4 Å². The lowest BCUT2D eigenvalue weighted by molar-refractivity contribution is -0.137. The van der Waals surface area contributed by atoms with E-state index in [9.17, 15) is 14.7 Å². The van der Waals surface area contributed by atoms with E-state index in [1.807, 2.05) is 19.9 Å². The Morgan fingerprint density at radius 3 is 2.72 bits per heavy atom. The van der Waals surface area contributed by atoms with Gasteiger partial charge in [-0.1, -0.05) is 13.8 Å². The number of nitrogens with one attached hydrogen (secondary N) is 1. The molecule has 1 amide bonds. The van der Waals surface area contributed by atoms with Crippen molar-refractivity contribution in [2.24, 2.45) is 5.92 Å². The lowest BCUT2D eigenvalue weighted by Gasteiger charge is -2.37. The Labute approximate surface area is 185 Å². The minimum Gasteiger partial charge on any atom is -0.390 e. The average Bonchev–Trinajstić information content (AvgIpc) is 2.80. The van der Waals surface area contributed by atoms with Crippen LogP contribution in [0.1, 0.15) is 48.8 Å². The van der Waals surface area contributed by atoms with Gasteiger partial charge in [-0.05, 0) is 30.9 Å². The molecule has 1 aliphatic rings. The molecule has 3 unspecified atom stereocenters. The first-order chi connectivity index (χ1) is 15.4. The number of aromatic nitrogens is 4.